The van der Waals surface area contributed by atoms with Crippen LogP contribution in [0.4, 0.5) is 0 Å². The SMILES string of the molecule is CCn1c(=O)[nH]c(=O)c2c(C(=O)N(C)Cc3cc(C(=O)OC)c(C)o3)cc(C3CC3)nc21. The molecule has 0 spiro atoms. The molecular weight excluding hydrogens is 416 g/mol. The van der Waals surface area contributed by atoms with Crippen LogP contribution in [0, 0.1) is 6.92 Å². The van der Waals surface area contributed by atoms with E-state index in [4.69, 9.17) is 9.15 Å². The van der Waals surface area contributed by atoms with E-state index in [0.717, 1.165) is 12.8 Å². The molecule has 1 N–H and O–H groups in total. The van der Waals surface area contributed by atoms with Crippen LogP contribution in [-0.2, 0) is 17.8 Å². The number of furan rings is 1. The second-order valence-corrected chi connectivity index (χ2v) is 7.91. The molecule has 1 fully saturated rings. The van der Waals surface area contributed by atoms with Crippen LogP contribution in [-0.4, -0.2) is 45.5 Å². The Kier molecular flexibility index (Phi) is 5.45. The van der Waals surface area contributed by atoms with Gasteiger partial charge >= 0.3 is 11.7 Å². The number of amides is 1. The van der Waals surface area contributed by atoms with E-state index in [0.29, 0.717) is 23.8 Å². The number of ether oxygens (including phenoxy) is 1. The zero-order chi connectivity index (χ0) is 23.2. The molecule has 0 aliphatic heterocycles. The molecular formula is C22H24N4O6. The van der Waals surface area contributed by atoms with E-state index in [-0.39, 0.29) is 34.6 Å². The van der Waals surface area contributed by atoms with Gasteiger partial charge in [0, 0.05) is 25.2 Å². The van der Waals surface area contributed by atoms with Crippen molar-refractivity contribution in [2.24, 2.45) is 0 Å². The van der Waals surface area contributed by atoms with E-state index >= 15 is 0 Å². The van der Waals surface area contributed by atoms with Crippen molar-refractivity contribution in [2.75, 3.05) is 14.2 Å². The van der Waals surface area contributed by atoms with Crippen molar-refractivity contribution >= 4 is 22.9 Å². The van der Waals surface area contributed by atoms with E-state index < -0.39 is 23.1 Å². The molecule has 3 aromatic heterocycles. The average Bonchev–Trinajstić information content (AvgIpc) is 3.55. The minimum atomic E-state index is -0.650. The van der Waals surface area contributed by atoms with Crippen LogP contribution in [0.25, 0.3) is 11.0 Å². The molecule has 1 saturated carbocycles. The number of esters is 1. The highest BCUT2D eigenvalue weighted by molar-refractivity contribution is 6.05. The molecule has 32 heavy (non-hydrogen) atoms. The summed E-state index contributed by atoms with van der Waals surface area (Å²) < 4.78 is 11.7. The van der Waals surface area contributed by atoms with E-state index in [1.54, 1.807) is 27.0 Å². The number of H-pyrrole nitrogens is 1. The Hall–Kier alpha value is -3.69. The molecule has 4 rings (SSSR count). The molecule has 1 aliphatic carbocycles. The second kappa shape index (κ2) is 8.10. The number of pyridine rings is 1. The van der Waals surface area contributed by atoms with Crippen LogP contribution < -0.4 is 11.2 Å². The third-order valence-corrected chi connectivity index (χ3v) is 5.62. The first-order valence-corrected chi connectivity index (χ1v) is 10.4. The summed E-state index contributed by atoms with van der Waals surface area (Å²) >= 11 is 0. The normalized spacial score (nSPS) is 13.4. The fourth-order valence-corrected chi connectivity index (χ4v) is 3.79. The van der Waals surface area contributed by atoms with Gasteiger partial charge in [-0.25, -0.2) is 14.6 Å². The van der Waals surface area contributed by atoms with Gasteiger partial charge in [0.2, 0.25) is 0 Å². The fourth-order valence-electron chi connectivity index (χ4n) is 3.79. The number of methoxy groups -OCH3 is 1. The molecule has 3 heterocycles. The number of hydrogen-bond acceptors (Lipinski definition) is 7. The third-order valence-electron chi connectivity index (χ3n) is 5.62. The van der Waals surface area contributed by atoms with Gasteiger partial charge in [-0.3, -0.25) is 19.1 Å². The van der Waals surface area contributed by atoms with Crippen molar-refractivity contribution in [2.45, 2.75) is 45.7 Å². The van der Waals surface area contributed by atoms with E-state index in [9.17, 15) is 19.2 Å². The Labute approximate surface area is 182 Å². The molecule has 10 heteroatoms. The minimum Gasteiger partial charge on any atom is -0.465 e. The van der Waals surface area contributed by atoms with Crippen molar-refractivity contribution < 1.29 is 18.7 Å². The number of rotatable bonds is 6. The first-order chi connectivity index (χ1) is 15.2. The molecule has 10 nitrogen and oxygen atoms in total. The molecule has 1 amide bonds. The molecule has 0 aromatic carbocycles. The van der Waals surface area contributed by atoms with Crippen LogP contribution in [0.15, 0.2) is 26.1 Å². The molecule has 0 radical (unpaired) electrons. The highest BCUT2D eigenvalue weighted by atomic mass is 16.5. The quantitative estimate of drug-likeness (QED) is 0.580. The van der Waals surface area contributed by atoms with Crippen molar-refractivity contribution in [3.8, 4) is 0 Å². The Bertz CT molecular complexity index is 1340. The molecule has 0 unspecified atom stereocenters. The second-order valence-electron chi connectivity index (χ2n) is 7.91. The predicted octanol–water partition coefficient (Wildman–Crippen LogP) is 1.94. The topological polar surface area (TPSA) is 128 Å². The number of aromatic amines is 1. The number of fused-ring (bicyclic) bond motifs is 1. The van der Waals surface area contributed by atoms with Crippen molar-refractivity contribution in [1.82, 2.24) is 19.4 Å². The van der Waals surface area contributed by atoms with Crippen molar-refractivity contribution in [3.05, 3.63) is 61.3 Å². The molecule has 168 valence electrons. The standard InChI is InChI=1S/C22H24N4O6/c1-5-26-18-17(19(27)24-22(26)30)15(9-16(23-18)12-6-7-12)20(28)25(3)10-13-8-14(11(2)32-13)21(29)31-4/h8-9,12H,5-7,10H2,1-4H3,(H,24,27,30). The Balaban J connectivity index is 1.77. The van der Waals surface area contributed by atoms with Gasteiger partial charge in [0.15, 0.2) is 5.65 Å². The number of aromatic nitrogens is 3. The van der Waals surface area contributed by atoms with Crippen LogP contribution in [0.3, 0.4) is 0 Å². The summed E-state index contributed by atoms with van der Waals surface area (Å²) in [5.41, 5.74) is 0.172. The summed E-state index contributed by atoms with van der Waals surface area (Å²) in [6, 6.07) is 3.18. The number of hydrogen-bond donors (Lipinski definition) is 1. The first kappa shape index (κ1) is 21.5. The summed E-state index contributed by atoms with van der Waals surface area (Å²) in [6.07, 6.45) is 1.90. The predicted molar refractivity (Wildman–Crippen MR) is 115 cm³/mol. The molecule has 0 atom stereocenters. The summed E-state index contributed by atoms with van der Waals surface area (Å²) in [6.45, 7) is 3.79. The molecule has 1 aliphatic rings. The summed E-state index contributed by atoms with van der Waals surface area (Å²) in [5, 5.41) is 0.0820. The largest absolute Gasteiger partial charge is 0.465 e. The van der Waals surface area contributed by atoms with Gasteiger partial charge in [0.25, 0.3) is 11.5 Å². The van der Waals surface area contributed by atoms with Gasteiger partial charge < -0.3 is 14.1 Å². The van der Waals surface area contributed by atoms with Gasteiger partial charge in [0.1, 0.15) is 17.1 Å². The molecule has 3 aromatic rings. The average molecular weight is 440 g/mol. The third kappa shape index (κ3) is 3.72. The number of nitrogens with zero attached hydrogens (tertiary/aromatic N) is 3. The Morgan fingerprint density at radius 3 is 2.62 bits per heavy atom. The van der Waals surface area contributed by atoms with E-state index in [1.165, 1.54) is 22.6 Å². The number of aryl methyl sites for hydroxylation is 2. The van der Waals surface area contributed by atoms with Gasteiger partial charge in [-0.2, -0.15) is 0 Å². The van der Waals surface area contributed by atoms with Crippen LogP contribution in [0.1, 0.15) is 63.6 Å². The lowest BCUT2D eigenvalue weighted by Crippen LogP contribution is -2.33. The van der Waals surface area contributed by atoms with Crippen molar-refractivity contribution in [1.29, 1.82) is 0 Å². The van der Waals surface area contributed by atoms with Crippen LogP contribution >= 0.6 is 0 Å². The van der Waals surface area contributed by atoms with Crippen molar-refractivity contribution in [3.63, 3.8) is 0 Å². The van der Waals surface area contributed by atoms with Crippen LogP contribution in [0.5, 0.6) is 0 Å². The van der Waals surface area contributed by atoms with Gasteiger partial charge in [-0.1, -0.05) is 0 Å². The van der Waals surface area contributed by atoms with Crippen LogP contribution in [0.2, 0.25) is 0 Å². The highest BCUT2D eigenvalue weighted by Crippen LogP contribution is 2.40. The maximum Gasteiger partial charge on any atom is 0.341 e. The zero-order valence-electron chi connectivity index (χ0n) is 18.4. The molecule has 0 saturated heterocycles. The zero-order valence-corrected chi connectivity index (χ0v) is 18.4. The number of carbonyl (C=O) groups excluding carboxylic acids is 2. The monoisotopic (exact) mass is 440 g/mol. The Morgan fingerprint density at radius 1 is 1.28 bits per heavy atom. The highest BCUT2D eigenvalue weighted by Gasteiger charge is 2.29. The fraction of sp³-hybridized carbons (Fsp3) is 0.409. The number of carbonyl (C=O) groups is 2. The summed E-state index contributed by atoms with van der Waals surface area (Å²) in [4.78, 5) is 58.4. The van der Waals surface area contributed by atoms with Gasteiger partial charge in [0.05, 0.1) is 24.6 Å². The maximum absolute atomic E-state index is 13.4. The minimum absolute atomic E-state index is 0.0740. The maximum atomic E-state index is 13.4. The first-order valence-electron chi connectivity index (χ1n) is 10.4. The van der Waals surface area contributed by atoms with Gasteiger partial charge in [-0.15, -0.1) is 0 Å². The summed E-state index contributed by atoms with van der Waals surface area (Å²) in [7, 11) is 2.86. The van der Waals surface area contributed by atoms with Gasteiger partial charge in [-0.05, 0) is 38.8 Å². The Morgan fingerprint density at radius 2 is 2.00 bits per heavy atom. The molecule has 0 bridgehead atoms. The lowest BCUT2D eigenvalue weighted by Gasteiger charge is -2.18. The summed E-state index contributed by atoms with van der Waals surface area (Å²) in [5.74, 6) is 0.0659. The van der Waals surface area contributed by atoms with E-state index in [1.807, 2.05) is 0 Å². The lowest BCUT2D eigenvalue weighted by atomic mass is 10.1. The smallest absolute Gasteiger partial charge is 0.341 e. The lowest BCUT2D eigenvalue weighted by molar-refractivity contribution is 0.0598. The van der Waals surface area contributed by atoms with E-state index in [2.05, 4.69) is 9.97 Å². The number of nitrogens with one attached hydrogen (secondary N) is 1.